The number of carbonyl (C=O) groups is 1. The van der Waals surface area contributed by atoms with Gasteiger partial charge < -0.3 is 4.74 Å². The fraction of sp³-hybridized carbons (Fsp3) is 0.273. The topological polar surface area (TPSA) is 54.5 Å². The van der Waals surface area contributed by atoms with E-state index >= 15 is 0 Å². The van der Waals surface area contributed by atoms with Gasteiger partial charge in [-0.25, -0.2) is 4.98 Å². The summed E-state index contributed by atoms with van der Waals surface area (Å²) in [7, 11) is 0. The molecule has 2 aromatic carbocycles. The van der Waals surface area contributed by atoms with Gasteiger partial charge in [0.05, 0.1) is 5.69 Å². The van der Waals surface area contributed by atoms with Crippen molar-refractivity contribution in [1.29, 1.82) is 0 Å². The minimum Gasteiger partial charge on any atom is -0.484 e. The number of ether oxygens (including phenoxy) is 1. The molecule has 0 saturated heterocycles. The van der Waals surface area contributed by atoms with Crippen LogP contribution < -0.4 is 10.1 Å². The molecule has 0 aliphatic carbocycles. The SMILES string of the molecule is O=C(Nc1nc2c(s1)CN(Cc1ccccc1)CC2)c1ccc(OCC(F)(F)F)cc1. The Kier molecular flexibility index (Phi) is 6.24. The molecule has 5 nitrogen and oxygen atoms in total. The summed E-state index contributed by atoms with van der Waals surface area (Å²) >= 11 is 1.45. The van der Waals surface area contributed by atoms with Crippen molar-refractivity contribution in [3.05, 3.63) is 76.3 Å². The number of alkyl halides is 3. The van der Waals surface area contributed by atoms with Crippen molar-refractivity contribution in [3.63, 3.8) is 0 Å². The van der Waals surface area contributed by atoms with Crippen LogP contribution in [0.15, 0.2) is 54.6 Å². The van der Waals surface area contributed by atoms with Crippen molar-refractivity contribution in [3.8, 4) is 5.75 Å². The number of halogens is 3. The van der Waals surface area contributed by atoms with E-state index in [1.54, 1.807) is 0 Å². The minimum absolute atomic E-state index is 0.0529. The zero-order valence-corrected chi connectivity index (χ0v) is 17.3. The highest BCUT2D eigenvalue weighted by Crippen LogP contribution is 2.29. The Labute approximate surface area is 181 Å². The van der Waals surface area contributed by atoms with E-state index in [4.69, 9.17) is 0 Å². The van der Waals surface area contributed by atoms with Crippen molar-refractivity contribution in [2.24, 2.45) is 0 Å². The highest BCUT2D eigenvalue weighted by Gasteiger charge is 2.28. The maximum absolute atomic E-state index is 12.5. The van der Waals surface area contributed by atoms with Gasteiger partial charge in [0.2, 0.25) is 0 Å². The van der Waals surface area contributed by atoms with E-state index in [0.717, 1.165) is 36.6 Å². The molecule has 1 aromatic heterocycles. The molecule has 4 rings (SSSR count). The van der Waals surface area contributed by atoms with E-state index in [9.17, 15) is 18.0 Å². The number of nitrogens with one attached hydrogen (secondary N) is 1. The third kappa shape index (κ3) is 5.83. The fourth-order valence-electron chi connectivity index (χ4n) is 3.32. The molecule has 31 heavy (non-hydrogen) atoms. The van der Waals surface area contributed by atoms with Crippen molar-refractivity contribution in [2.75, 3.05) is 18.5 Å². The van der Waals surface area contributed by atoms with Gasteiger partial charge >= 0.3 is 6.18 Å². The molecule has 0 bridgehead atoms. The van der Waals surface area contributed by atoms with Crippen molar-refractivity contribution >= 4 is 22.4 Å². The van der Waals surface area contributed by atoms with Gasteiger partial charge in [-0.15, -0.1) is 11.3 Å². The van der Waals surface area contributed by atoms with Crippen LogP contribution in [0, 0.1) is 0 Å². The standard InChI is InChI=1S/C22H20F3N3O2S/c23-22(24,25)14-30-17-8-6-16(7-9-17)20(29)27-21-26-18-10-11-28(13-19(18)31-21)12-15-4-2-1-3-5-15/h1-9H,10-14H2,(H,26,27,29). The molecule has 1 aliphatic rings. The van der Waals surface area contributed by atoms with Crippen LogP contribution in [0.3, 0.4) is 0 Å². The zero-order valence-electron chi connectivity index (χ0n) is 16.5. The number of hydrogen-bond donors (Lipinski definition) is 1. The van der Waals surface area contributed by atoms with Crippen LogP contribution in [0.2, 0.25) is 0 Å². The molecule has 0 fully saturated rings. The van der Waals surface area contributed by atoms with Crippen LogP contribution in [0.25, 0.3) is 0 Å². The first-order chi connectivity index (χ1) is 14.9. The second-order valence-corrected chi connectivity index (χ2v) is 8.30. The lowest BCUT2D eigenvalue weighted by Gasteiger charge is -2.25. The molecular weight excluding hydrogens is 427 g/mol. The third-order valence-electron chi connectivity index (χ3n) is 4.80. The molecule has 0 saturated carbocycles. The van der Waals surface area contributed by atoms with Crippen LogP contribution in [0.1, 0.15) is 26.5 Å². The van der Waals surface area contributed by atoms with Crippen LogP contribution in [-0.4, -0.2) is 35.1 Å². The summed E-state index contributed by atoms with van der Waals surface area (Å²) in [4.78, 5) is 20.5. The predicted molar refractivity (Wildman–Crippen MR) is 112 cm³/mol. The molecule has 0 atom stereocenters. The predicted octanol–water partition coefficient (Wildman–Crippen LogP) is 4.89. The number of benzene rings is 2. The molecule has 9 heteroatoms. The first-order valence-electron chi connectivity index (χ1n) is 9.71. The summed E-state index contributed by atoms with van der Waals surface area (Å²) < 4.78 is 41.3. The summed E-state index contributed by atoms with van der Waals surface area (Å²) in [6, 6.07) is 15.8. The Morgan fingerprint density at radius 1 is 1.13 bits per heavy atom. The van der Waals surface area contributed by atoms with Crippen molar-refractivity contribution in [1.82, 2.24) is 9.88 Å². The third-order valence-corrected chi connectivity index (χ3v) is 5.80. The highest BCUT2D eigenvalue weighted by atomic mass is 32.1. The van der Waals surface area contributed by atoms with Crippen molar-refractivity contribution < 1.29 is 22.7 Å². The normalized spacial score (nSPS) is 14.2. The Hall–Kier alpha value is -2.91. The molecule has 0 spiro atoms. The number of aromatic nitrogens is 1. The largest absolute Gasteiger partial charge is 0.484 e. The molecule has 0 radical (unpaired) electrons. The summed E-state index contributed by atoms with van der Waals surface area (Å²) in [6.45, 7) is 1.18. The number of anilines is 1. The van der Waals surface area contributed by atoms with Crippen LogP contribution in [-0.2, 0) is 19.5 Å². The second-order valence-electron chi connectivity index (χ2n) is 7.22. The fourth-order valence-corrected chi connectivity index (χ4v) is 4.36. The molecule has 1 aliphatic heterocycles. The van der Waals surface area contributed by atoms with Crippen LogP contribution >= 0.6 is 11.3 Å². The average Bonchev–Trinajstić information content (AvgIpc) is 3.14. The lowest BCUT2D eigenvalue weighted by atomic mass is 10.1. The second kappa shape index (κ2) is 9.07. The van der Waals surface area contributed by atoms with Crippen molar-refractivity contribution in [2.45, 2.75) is 25.7 Å². The quantitative estimate of drug-likeness (QED) is 0.584. The van der Waals surface area contributed by atoms with Crippen LogP contribution in [0.5, 0.6) is 5.75 Å². The molecule has 3 aromatic rings. The van der Waals surface area contributed by atoms with E-state index in [1.165, 1.54) is 41.2 Å². The summed E-state index contributed by atoms with van der Waals surface area (Å²) in [5.74, 6) is -0.313. The number of fused-ring (bicyclic) bond motifs is 1. The Bertz CT molecular complexity index is 1040. The summed E-state index contributed by atoms with van der Waals surface area (Å²) in [5, 5.41) is 3.31. The first-order valence-corrected chi connectivity index (χ1v) is 10.5. The number of hydrogen-bond acceptors (Lipinski definition) is 5. The molecule has 1 amide bonds. The Morgan fingerprint density at radius 2 is 1.87 bits per heavy atom. The van der Waals surface area contributed by atoms with E-state index in [1.807, 2.05) is 18.2 Å². The van der Waals surface area contributed by atoms with E-state index < -0.39 is 12.8 Å². The molecule has 162 valence electrons. The number of carbonyl (C=O) groups excluding carboxylic acids is 1. The van der Waals surface area contributed by atoms with E-state index in [2.05, 4.69) is 32.1 Å². The van der Waals surface area contributed by atoms with Gasteiger partial charge in [0.15, 0.2) is 11.7 Å². The number of amides is 1. The lowest BCUT2D eigenvalue weighted by molar-refractivity contribution is -0.153. The highest BCUT2D eigenvalue weighted by molar-refractivity contribution is 7.15. The van der Waals surface area contributed by atoms with Gasteiger partial charge in [0, 0.05) is 36.5 Å². The summed E-state index contributed by atoms with van der Waals surface area (Å²) in [6.07, 6.45) is -3.59. The van der Waals surface area contributed by atoms with Gasteiger partial charge in [-0.05, 0) is 29.8 Å². The summed E-state index contributed by atoms with van der Waals surface area (Å²) in [5.41, 5.74) is 2.57. The first kappa shape index (κ1) is 21.3. The minimum atomic E-state index is -4.41. The monoisotopic (exact) mass is 447 g/mol. The number of nitrogens with zero attached hydrogens (tertiary/aromatic N) is 2. The van der Waals surface area contributed by atoms with Gasteiger partial charge in [0.25, 0.3) is 5.91 Å². The average molecular weight is 447 g/mol. The molecule has 1 N–H and O–H groups in total. The number of thiazole rings is 1. The van der Waals surface area contributed by atoms with E-state index in [-0.39, 0.29) is 11.7 Å². The molecule has 0 unspecified atom stereocenters. The lowest BCUT2D eigenvalue weighted by Crippen LogP contribution is -2.29. The van der Waals surface area contributed by atoms with Gasteiger partial charge in [0.1, 0.15) is 5.75 Å². The maximum atomic E-state index is 12.5. The maximum Gasteiger partial charge on any atom is 0.422 e. The molecule has 2 heterocycles. The van der Waals surface area contributed by atoms with Gasteiger partial charge in [-0.2, -0.15) is 13.2 Å². The van der Waals surface area contributed by atoms with E-state index in [0.29, 0.717) is 10.7 Å². The van der Waals surface area contributed by atoms with Crippen LogP contribution in [0.4, 0.5) is 18.3 Å². The smallest absolute Gasteiger partial charge is 0.422 e. The number of rotatable bonds is 6. The Morgan fingerprint density at radius 3 is 2.58 bits per heavy atom. The molecular formula is C22H20F3N3O2S. The zero-order chi connectivity index (χ0) is 21.8. The van der Waals surface area contributed by atoms with Gasteiger partial charge in [-0.3, -0.25) is 15.0 Å². The Balaban J connectivity index is 1.35. The van der Waals surface area contributed by atoms with Gasteiger partial charge in [-0.1, -0.05) is 30.3 Å².